The summed E-state index contributed by atoms with van der Waals surface area (Å²) < 4.78 is 32.3. The first-order chi connectivity index (χ1) is 10.7. The predicted octanol–water partition coefficient (Wildman–Crippen LogP) is -1.14. The third-order valence-electron chi connectivity index (χ3n) is 4.74. The van der Waals surface area contributed by atoms with Gasteiger partial charge < -0.3 is 15.1 Å². The highest BCUT2D eigenvalue weighted by Crippen LogP contribution is 2.45. The van der Waals surface area contributed by atoms with Gasteiger partial charge in [0, 0.05) is 19.1 Å². The molecule has 3 N–H and O–H groups in total. The van der Waals surface area contributed by atoms with Gasteiger partial charge in [-0.1, -0.05) is 0 Å². The smallest absolute Gasteiger partial charge is 0.335 e. The van der Waals surface area contributed by atoms with Gasteiger partial charge in [0.1, 0.15) is 6.04 Å². The van der Waals surface area contributed by atoms with Crippen molar-refractivity contribution in [1.29, 1.82) is 0 Å². The monoisotopic (exact) mass is 348 g/mol. The Kier molecular flexibility index (Phi) is 3.99. The van der Waals surface area contributed by atoms with Crippen LogP contribution in [0.25, 0.3) is 0 Å². The van der Waals surface area contributed by atoms with Crippen LogP contribution in [0.5, 0.6) is 0 Å². The van der Waals surface area contributed by atoms with Crippen LogP contribution in [0.15, 0.2) is 0 Å². The molecule has 23 heavy (non-hydrogen) atoms. The molecule has 0 aliphatic carbocycles. The first kappa shape index (κ1) is 16.4. The number of hydrogen-bond donors (Lipinski definition) is 3. The van der Waals surface area contributed by atoms with Gasteiger partial charge in [-0.05, 0) is 26.2 Å². The number of rotatable bonds is 2. The summed E-state index contributed by atoms with van der Waals surface area (Å²) >= 11 is 0. The number of hydrogen-bond acceptors (Lipinski definition) is 6. The van der Waals surface area contributed by atoms with Gasteiger partial charge >= 0.3 is 16.3 Å². The molecule has 3 atom stereocenters. The number of hydroxylamine groups is 1. The Hall–Kier alpha value is -1.43. The Bertz CT molecular complexity index is 617. The van der Waals surface area contributed by atoms with Crippen LogP contribution in [-0.2, 0) is 19.9 Å². The molecule has 3 fully saturated rings. The van der Waals surface area contributed by atoms with Crippen LogP contribution in [-0.4, -0.2) is 71.4 Å². The average Bonchev–Trinajstić information content (AvgIpc) is 2.61. The van der Waals surface area contributed by atoms with E-state index >= 15 is 0 Å². The fourth-order valence-corrected chi connectivity index (χ4v) is 4.62. The van der Waals surface area contributed by atoms with E-state index in [2.05, 4.69) is 10.8 Å². The number of carbonyl (C=O) groups is 2. The van der Waals surface area contributed by atoms with E-state index in [1.54, 1.807) is 6.92 Å². The summed E-state index contributed by atoms with van der Waals surface area (Å²) in [5.41, 5.74) is 1.69. The quantitative estimate of drug-likeness (QED) is 0.425. The van der Waals surface area contributed by atoms with Gasteiger partial charge in [-0.3, -0.25) is 9.35 Å². The molecule has 0 saturated carbocycles. The van der Waals surface area contributed by atoms with Crippen molar-refractivity contribution >= 4 is 22.2 Å². The maximum Gasteiger partial charge on any atom is 0.362 e. The molecule has 3 rings (SSSR count). The summed E-state index contributed by atoms with van der Waals surface area (Å²) in [6.07, 6.45) is 1.65. The second-order valence-corrected chi connectivity index (χ2v) is 7.51. The number of nitrogens with one attached hydrogen (secondary N) is 2. The molecule has 1 unspecified atom stereocenters. The van der Waals surface area contributed by atoms with Gasteiger partial charge in [0.05, 0.1) is 12.1 Å². The van der Waals surface area contributed by atoms with E-state index in [1.807, 2.05) is 0 Å². The maximum absolute atomic E-state index is 12.4. The third-order valence-corrected chi connectivity index (χ3v) is 5.80. The number of β-lactam (4-membered cyclic amide) rings is 1. The molecule has 0 aromatic carbocycles. The lowest BCUT2D eigenvalue weighted by atomic mass is 9.84. The highest BCUT2D eigenvalue weighted by molar-refractivity contribution is 7.84. The molecule has 0 aromatic heterocycles. The Labute approximate surface area is 134 Å². The average molecular weight is 348 g/mol. The molecular formula is C12H20N4O6S. The van der Waals surface area contributed by atoms with E-state index in [0.717, 1.165) is 0 Å². The summed E-state index contributed by atoms with van der Waals surface area (Å²) in [7, 11) is -4.61. The van der Waals surface area contributed by atoms with Gasteiger partial charge in [0.25, 0.3) is 5.91 Å². The van der Waals surface area contributed by atoms with Crippen molar-refractivity contribution in [3.63, 3.8) is 0 Å². The van der Waals surface area contributed by atoms with E-state index in [1.165, 1.54) is 4.90 Å². The topological polar surface area (TPSA) is 128 Å². The molecule has 0 radical (unpaired) electrons. The lowest BCUT2D eigenvalue weighted by Crippen LogP contribution is -2.75. The Morgan fingerprint density at radius 2 is 2.22 bits per heavy atom. The molecule has 0 aromatic rings. The van der Waals surface area contributed by atoms with Crippen LogP contribution in [0.2, 0.25) is 0 Å². The molecule has 0 bridgehead atoms. The zero-order valence-electron chi connectivity index (χ0n) is 12.7. The second-order valence-electron chi connectivity index (χ2n) is 6.25. The Balaban J connectivity index is 1.69. The lowest BCUT2D eigenvalue weighted by molar-refractivity contribution is -0.151. The molecule has 11 heteroatoms. The van der Waals surface area contributed by atoms with Gasteiger partial charge in [0.15, 0.2) is 0 Å². The summed E-state index contributed by atoms with van der Waals surface area (Å²) in [6.45, 7) is 2.90. The number of carbonyl (C=O) groups excluding carboxylic acids is 2. The van der Waals surface area contributed by atoms with Crippen LogP contribution >= 0.6 is 0 Å². The molecule has 3 amide bonds. The van der Waals surface area contributed by atoms with Gasteiger partial charge in [-0.2, -0.15) is 8.42 Å². The molecular weight excluding hydrogens is 328 g/mol. The fourth-order valence-electron chi connectivity index (χ4n) is 3.58. The highest BCUT2D eigenvalue weighted by Gasteiger charge is 2.68. The third kappa shape index (κ3) is 2.67. The Morgan fingerprint density at radius 1 is 1.48 bits per heavy atom. The number of nitrogens with zero attached hydrogens (tertiary/aromatic N) is 2. The predicted molar refractivity (Wildman–Crippen MR) is 77.4 cm³/mol. The summed E-state index contributed by atoms with van der Waals surface area (Å²) in [4.78, 5) is 31.0. The molecule has 3 heterocycles. The first-order valence-corrected chi connectivity index (χ1v) is 8.88. The molecule has 3 aliphatic rings. The van der Waals surface area contributed by atoms with Crippen molar-refractivity contribution in [1.82, 2.24) is 20.0 Å². The van der Waals surface area contributed by atoms with E-state index in [-0.39, 0.29) is 12.6 Å². The molecule has 130 valence electrons. The zero-order chi connectivity index (χ0) is 16.8. The first-order valence-electron chi connectivity index (χ1n) is 7.48. The SMILES string of the molecule is CC12CCN(C(=O)N[C@@H]3CCNOCC3)[C@@H]1C(=O)N2S(=O)(=O)O. The summed E-state index contributed by atoms with van der Waals surface area (Å²) in [5.74, 6) is -0.770. The maximum atomic E-state index is 12.4. The normalized spacial score (nSPS) is 34.6. The van der Waals surface area contributed by atoms with Crippen molar-refractivity contribution < 1.29 is 27.4 Å². The van der Waals surface area contributed by atoms with E-state index in [4.69, 9.17) is 4.84 Å². The zero-order valence-corrected chi connectivity index (χ0v) is 13.5. The molecule has 10 nitrogen and oxygen atoms in total. The molecule has 3 saturated heterocycles. The van der Waals surface area contributed by atoms with Crippen molar-refractivity contribution in [2.45, 2.75) is 43.8 Å². The standard InChI is InChI=1S/C12H20N4O6S/c1-12-4-6-15(9(12)10(17)16(12)23(19,20)21)11(18)14-8-2-5-13-22-7-3-8/h8-9,13H,2-7H2,1H3,(H,14,18)(H,19,20,21)/t8-,9-,12?/m1/s1. The number of urea groups is 1. The largest absolute Gasteiger partial charge is 0.362 e. The van der Waals surface area contributed by atoms with Gasteiger partial charge in [-0.25, -0.2) is 14.6 Å². The molecule has 3 aliphatic heterocycles. The van der Waals surface area contributed by atoms with Crippen LogP contribution in [0.4, 0.5) is 4.79 Å². The van der Waals surface area contributed by atoms with E-state index in [9.17, 15) is 22.6 Å². The minimum absolute atomic E-state index is 0.0720. The Morgan fingerprint density at radius 3 is 2.91 bits per heavy atom. The summed E-state index contributed by atoms with van der Waals surface area (Å²) in [5, 5.41) is 2.86. The van der Waals surface area contributed by atoms with Crippen molar-refractivity contribution in [3.05, 3.63) is 0 Å². The van der Waals surface area contributed by atoms with Crippen LogP contribution < -0.4 is 10.8 Å². The van der Waals surface area contributed by atoms with Crippen molar-refractivity contribution in [2.75, 3.05) is 19.7 Å². The van der Waals surface area contributed by atoms with E-state index in [0.29, 0.717) is 36.7 Å². The minimum Gasteiger partial charge on any atom is -0.335 e. The fraction of sp³-hybridized carbons (Fsp3) is 0.833. The van der Waals surface area contributed by atoms with Crippen LogP contribution in [0, 0.1) is 0 Å². The number of likely N-dealkylation sites (tertiary alicyclic amines) is 1. The van der Waals surface area contributed by atoms with Crippen molar-refractivity contribution in [3.8, 4) is 0 Å². The second kappa shape index (κ2) is 5.58. The van der Waals surface area contributed by atoms with Gasteiger partial charge in [-0.15, -0.1) is 0 Å². The highest BCUT2D eigenvalue weighted by atomic mass is 32.2. The van der Waals surface area contributed by atoms with Gasteiger partial charge in [0.2, 0.25) is 0 Å². The van der Waals surface area contributed by atoms with Crippen molar-refractivity contribution in [2.24, 2.45) is 0 Å². The summed E-state index contributed by atoms with van der Waals surface area (Å²) in [6, 6.07) is -1.32. The number of amides is 3. The number of fused-ring (bicyclic) bond motifs is 1. The van der Waals surface area contributed by atoms with E-state index < -0.39 is 33.8 Å². The van der Waals surface area contributed by atoms with Crippen LogP contribution in [0.3, 0.4) is 0 Å². The molecule has 0 spiro atoms. The lowest BCUT2D eigenvalue weighted by Gasteiger charge is -2.50. The minimum atomic E-state index is -4.61. The van der Waals surface area contributed by atoms with Crippen LogP contribution in [0.1, 0.15) is 26.2 Å².